The summed E-state index contributed by atoms with van der Waals surface area (Å²) < 4.78 is 63.9. The Labute approximate surface area is 271 Å². The number of imidazole rings is 1. The van der Waals surface area contributed by atoms with E-state index in [9.17, 15) is 4.39 Å². The number of piperazine rings is 3. The van der Waals surface area contributed by atoms with E-state index in [0.717, 1.165) is 42.8 Å². The lowest BCUT2D eigenvalue weighted by Gasteiger charge is -2.50. The topological polar surface area (TPSA) is 52.0 Å². The minimum absolute atomic E-state index is 0.00726. The average Bonchev–Trinajstić information content (AvgIpc) is 3.50. The van der Waals surface area contributed by atoms with Crippen LogP contribution in [-0.4, -0.2) is 92.6 Å². The number of hydrogen-bond donors (Lipinski definition) is 0. The van der Waals surface area contributed by atoms with Gasteiger partial charge in [-0.05, 0) is 36.4 Å². The number of methoxy groups -OCH3 is 2. The second-order valence-electron chi connectivity index (χ2n) is 11.7. The molecule has 7 rings (SSSR count). The molecule has 3 fully saturated rings. The molecule has 0 saturated carbocycles. The van der Waals surface area contributed by atoms with Crippen LogP contribution in [0.1, 0.15) is 12.0 Å². The zero-order valence-corrected chi connectivity index (χ0v) is 27.2. The summed E-state index contributed by atoms with van der Waals surface area (Å²) in [5.74, 6) is 0.276. The van der Waals surface area contributed by atoms with Crippen molar-refractivity contribution in [1.29, 1.82) is 0 Å². The van der Waals surface area contributed by atoms with E-state index in [1.165, 1.54) is 55.7 Å². The molecule has 0 spiro atoms. The Bertz CT molecular complexity index is 1620. The lowest BCUT2D eigenvalue weighted by atomic mass is 10.1. The molecule has 0 amide bonds. The molecule has 0 aliphatic carbocycles. The van der Waals surface area contributed by atoms with Crippen LogP contribution in [-0.2, 0) is 5.75 Å². The SMILES string of the molecule is COc1ccc(N(C)c2cnc(SCc3c(F)cc(OCCC[N+]45CCN(CC4)CC5)cc3F)n2-c2ccc(F)cc2)cc1OC. The molecule has 1 aromatic heterocycles. The van der Waals surface area contributed by atoms with E-state index >= 15 is 8.78 Å². The number of benzene rings is 3. The Morgan fingerprint density at radius 2 is 1.57 bits per heavy atom. The van der Waals surface area contributed by atoms with Crippen LogP contribution in [0.5, 0.6) is 17.2 Å². The molecule has 3 aromatic carbocycles. The van der Waals surface area contributed by atoms with Gasteiger partial charge in [-0.2, -0.15) is 0 Å². The number of fused-ring (bicyclic) bond motifs is 3. The van der Waals surface area contributed by atoms with Crippen molar-refractivity contribution in [3.05, 3.63) is 83.8 Å². The molecule has 0 radical (unpaired) electrons. The second kappa shape index (κ2) is 13.9. The van der Waals surface area contributed by atoms with Crippen molar-refractivity contribution in [1.82, 2.24) is 14.5 Å². The fourth-order valence-electron chi connectivity index (χ4n) is 6.26. The highest BCUT2D eigenvalue weighted by Crippen LogP contribution is 2.37. The van der Waals surface area contributed by atoms with Gasteiger partial charge in [0.25, 0.3) is 0 Å². The Hall–Kier alpha value is -3.87. The van der Waals surface area contributed by atoms with Crippen LogP contribution < -0.4 is 19.1 Å². The van der Waals surface area contributed by atoms with Crippen molar-refractivity contribution < 1.29 is 31.9 Å². The maximum absolute atomic E-state index is 15.3. The first-order valence-corrected chi connectivity index (χ1v) is 16.4. The monoisotopic (exact) mass is 654 g/mol. The third kappa shape index (κ3) is 6.79. The number of aromatic nitrogens is 2. The van der Waals surface area contributed by atoms with Gasteiger partial charge in [0.2, 0.25) is 0 Å². The van der Waals surface area contributed by atoms with Crippen LogP contribution in [0.25, 0.3) is 5.69 Å². The number of ether oxygens (including phenoxy) is 3. The van der Waals surface area contributed by atoms with Crippen molar-refractivity contribution >= 4 is 23.3 Å². The summed E-state index contributed by atoms with van der Waals surface area (Å²) in [7, 11) is 5.00. The first kappa shape index (κ1) is 32.1. The maximum atomic E-state index is 15.3. The van der Waals surface area contributed by atoms with E-state index in [-0.39, 0.29) is 22.9 Å². The van der Waals surface area contributed by atoms with Gasteiger partial charge in [0.15, 0.2) is 16.7 Å². The van der Waals surface area contributed by atoms with Crippen molar-refractivity contribution in [2.75, 3.05) is 78.6 Å². The molecule has 8 nitrogen and oxygen atoms in total. The molecule has 3 saturated heterocycles. The zero-order valence-electron chi connectivity index (χ0n) is 26.3. The van der Waals surface area contributed by atoms with Gasteiger partial charge in [0.1, 0.15) is 29.0 Å². The molecule has 4 aromatic rings. The lowest BCUT2D eigenvalue weighted by Crippen LogP contribution is -2.67. The van der Waals surface area contributed by atoms with Gasteiger partial charge >= 0.3 is 0 Å². The van der Waals surface area contributed by atoms with E-state index in [1.54, 1.807) is 38.6 Å². The summed E-state index contributed by atoms with van der Waals surface area (Å²) in [6, 6.07) is 14.0. The predicted octanol–water partition coefficient (Wildman–Crippen LogP) is 6.28. The number of hydrogen-bond acceptors (Lipinski definition) is 7. The quantitative estimate of drug-likeness (QED) is 0.0956. The van der Waals surface area contributed by atoms with Gasteiger partial charge in [-0.1, -0.05) is 11.8 Å². The van der Waals surface area contributed by atoms with E-state index in [2.05, 4.69) is 9.88 Å². The van der Waals surface area contributed by atoms with E-state index in [1.807, 2.05) is 28.6 Å². The normalized spacial score (nSPS) is 18.9. The maximum Gasteiger partial charge on any atom is 0.174 e. The third-order valence-corrected chi connectivity index (χ3v) is 10.1. The van der Waals surface area contributed by atoms with Gasteiger partial charge in [-0.15, -0.1) is 0 Å². The zero-order chi connectivity index (χ0) is 32.3. The number of quaternary nitrogens is 1. The second-order valence-corrected chi connectivity index (χ2v) is 12.7. The van der Waals surface area contributed by atoms with Crippen molar-refractivity contribution in [3.63, 3.8) is 0 Å². The average molecular weight is 655 g/mol. The molecule has 0 unspecified atom stereocenters. The van der Waals surface area contributed by atoms with Gasteiger partial charge in [0.05, 0.1) is 53.2 Å². The number of anilines is 2. The molecule has 4 heterocycles. The van der Waals surface area contributed by atoms with Crippen LogP contribution in [0.3, 0.4) is 0 Å². The first-order valence-electron chi connectivity index (χ1n) is 15.4. The summed E-state index contributed by atoms with van der Waals surface area (Å²) in [5.41, 5.74) is 1.36. The third-order valence-electron chi connectivity index (χ3n) is 9.07. The highest BCUT2D eigenvalue weighted by molar-refractivity contribution is 7.98. The summed E-state index contributed by atoms with van der Waals surface area (Å²) >= 11 is 1.18. The fourth-order valence-corrected chi connectivity index (χ4v) is 7.26. The first-order chi connectivity index (χ1) is 22.3. The predicted molar refractivity (Wildman–Crippen MR) is 173 cm³/mol. The van der Waals surface area contributed by atoms with E-state index in [0.29, 0.717) is 34.8 Å². The fraction of sp³-hybridized carbons (Fsp3) is 0.382. The molecule has 3 aliphatic rings. The molecular formula is C34H39F3N5O3S+. The van der Waals surface area contributed by atoms with Crippen molar-refractivity contribution in [2.45, 2.75) is 17.3 Å². The molecule has 3 aliphatic heterocycles. The van der Waals surface area contributed by atoms with Crippen LogP contribution in [0, 0.1) is 17.5 Å². The van der Waals surface area contributed by atoms with Gasteiger partial charge in [-0.25, -0.2) is 18.2 Å². The van der Waals surface area contributed by atoms with Crippen molar-refractivity contribution in [2.24, 2.45) is 0 Å². The Balaban J connectivity index is 1.17. The molecular weight excluding hydrogens is 615 g/mol. The summed E-state index contributed by atoms with van der Waals surface area (Å²) in [6.45, 7) is 8.40. The van der Waals surface area contributed by atoms with Crippen molar-refractivity contribution in [3.8, 4) is 22.9 Å². The minimum atomic E-state index is -0.668. The molecule has 2 bridgehead atoms. The molecule has 0 N–H and O–H groups in total. The largest absolute Gasteiger partial charge is 0.493 e. The van der Waals surface area contributed by atoms with Gasteiger partial charge in [-0.3, -0.25) is 9.47 Å². The smallest absolute Gasteiger partial charge is 0.174 e. The van der Waals surface area contributed by atoms with Crippen LogP contribution in [0.15, 0.2) is 66.0 Å². The summed E-state index contributed by atoms with van der Waals surface area (Å²) in [4.78, 5) is 9.00. The van der Waals surface area contributed by atoms with Crippen LogP contribution in [0.4, 0.5) is 24.7 Å². The minimum Gasteiger partial charge on any atom is -0.493 e. The highest BCUT2D eigenvalue weighted by atomic mass is 32.2. The number of thioether (sulfide) groups is 1. The standard InChI is InChI=1S/C34H39F3N5O3S/c1-39(26-9-10-31(43-2)32(19-26)44-3)33-22-38-34(41(33)25-7-5-24(35)6-8-25)46-23-28-29(36)20-27(21-30(28)37)45-18-4-14-42-15-11-40(12-16-42)13-17-42/h5-10,19-22H,4,11-18,23H2,1-3H3/q+1. The summed E-state index contributed by atoms with van der Waals surface area (Å²) in [6.07, 6.45) is 2.51. The molecule has 0 atom stereocenters. The number of halogens is 3. The molecule has 12 heteroatoms. The van der Waals surface area contributed by atoms with Gasteiger partial charge in [0, 0.05) is 74.0 Å². The number of nitrogens with zero attached hydrogens (tertiary/aromatic N) is 5. The lowest BCUT2D eigenvalue weighted by molar-refractivity contribution is -0.941. The highest BCUT2D eigenvalue weighted by Gasteiger charge is 2.37. The Morgan fingerprint density at radius 3 is 2.22 bits per heavy atom. The van der Waals surface area contributed by atoms with E-state index < -0.39 is 11.6 Å². The van der Waals surface area contributed by atoms with Gasteiger partial charge < -0.3 is 23.6 Å². The van der Waals surface area contributed by atoms with Crippen LogP contribution >= 0.6 is 11.8 Å². The summed E-state index contributed by atoms with van der Waals surface area (Å²) in [5, 5.41) is 0.485. The Morgan fingerprint density at radius 1 is 0.891 bits per heavy atom. The Kier molecular flexibility index (Phi) is 9.67. The molecule has 46 heavy (non-hydrogen) atoms. The number of rotatable bonds is 13. The van der Waals surface area contributed by atoms with E-state index in [4.69, 9.17) is 14.2 Å². The van der Waals surface area contributed by atoms with Crippen LogP contribution in [0.2, 0.25) is 0 Å². The molecule has 244 valence electrons.